The minimum atomic E-state index is -0.360. The molecule has 3 rings (SSSR count). The van der Waals surface area contributed by atoms with Gasteiger partial charge in [-0.25, -0.2) is 0 Å². The van der Waals surface area contributed by atoms with Crippen molar-refractivity contribution in [1.82, 2.24) is 0 Å². The van der Waals surface area contributed by atoms with E-state index in [2.05, 4.69) is 5.32 Å². The molecule has 0 fully saturated rings. The van der Waals surface area contributed by atoms with Crippen molar-refractivity contribution in [3.63, 3.8) is 0 Å². The van der Waals surface area contributed by atoms with E-state index in [1.807, 2.05) is 0 Å². The second-order valence-electron chi connectivity index (χ2n) is 5.61. The van der Waals surface area contributed by atoms with E-state index in [9.17, 15) is 4.79 Å². The summed E-state index contributed by atoms with van der Waals surface area (Å²) in [7, 11) is 1.52. The summed E-state index contributed by atoms with van der Waals surface area (Å²) in [4.78, 5) is 12.3. The highest BCUT2D eigenvalue weighted by Gasteiger charge is 2.12. The molecule has 7 heteroatoms. The highest BCUT2D eigenvalue weighted by atomic mass is 35.5. The Kier molecular flexibility index (Phi) is 6.01. The van der Waals surface area contributed by atoms with Crippen LogP contribution in [0.15, 0.2) is 59.0 Å². The Morgan fingerprint density at radius 1 is 1.15 bits per heavy atom. The van der Waals surface area contributed by atoms with Gasteiger partial charge >= 0.3 is 0 Å². The number of furan rings is 1. The van der Waals surface area contributed by atoms with Crippen molar-refractivity contribution in [2.45, 2.75) is 6.61 Å². The first-order chi connectivity index (χ1) is 13.1. The number of aliphatic hydroxyl groups is 1. The minimum absolute atomic E-state index is 0.181. The van der Waals surface area contributed by atoms with Gasteiger partial charge < -0.3 is 24.3 Å². The van der Waals surface area contributed by atoms with E-state index in [0.717, 1.165) is 5.56 Å². The van der Waals surface area contributed by atoms with Crippen molar-refractivity contribution in [3.8, 4) is 22.8 Å². The number of rotatable bonds is 7. The molecule has 0 unspecified atom stereocenters. The average Bonchev–Trinajstić information content (AvgIpc) is 3.16. The molecule has 0 radical (unpaired) electrons. The summed E-state index contributed by atoms with van der Waals surface area (Å²) < 4.78 is 16.3. The summed E-state index contributed by atoms with van der Waals surface area (Å²) in [6.07, 6.45) is 0. The van der Waals surface area contributed by atoms with E-state index in [0.29, 0.717) is 33.7 Å². The monoisotopic (exact) mass is 387 g/mol. The van der Waals surface area contributed by atoms with Crippen LogP contribution in [-0.4, -0.2) is 24.7 Å². The van der Waals surface area contributed by atoms with Gasteiger partial charge in [0, 0.05) is 5.56 Å². The molecular weight excluding hydrogens is 370 g/mol. The maximum Gasteiger partial charge on any atom is 0.262 e. The lowest BCUT2D eigenvalue weighted by molar-refractivity contribution is -0.118. The van der Waals surface area contributed by atoms with Gasteiger partial charge in [0.2, 0.25) is 0 Å². The molecule has 140 valence electrons. The molecule has 1 heterocycles. The zero-order valence-electron chi connectivity index (χ0n) is 14.6. The van der Waals surface area contributed by atoms with Gasteiger partial charge in [0.05, 0.1) is 17.8 Å². The standard InChI is InChI=1S/C20H18ClNO5/c1-25-19-8-6-13(17-9-7-14(11-23)27-17)10-16(19)22-20(24)12-26-18-5-3-2-4-15(18)21/h2-10,23H,11-12H2,1H3,(H,22,24). The van der Waals surface area contributed by atoms with Crippen LogP contribution in [0.2, 0.25) is 5.02 Å². The number of aliphatic hydroxyl groups excluding tert-OH is 1. The van der Waals surface area contributed by atoms with Crippen molar-refractivity contribution in [3.05, 3.63) is 65.4 Å². The number of nitrogens with one attached hydrogen (secondary N) is 1. The number of anilines is 1. The van der Waals surface area contributed by atoms with E-state index in [1.165, 1.54) is 7.11 Å². The Bertz CT molecular complexity index is 938. The molecule has 0 atom stereocenters. The van der Waals surface area contributed by atoms with Crippen LogP contribution in [0.3, 0.4) is 0 Å². The van der Waals surface area contributed by atoms with Crippen LogP contribution < -0.4 is 14.8 Å². The van der Waals surface area contributed by atoms with E-state index < -0.39 is 0 Å². The lowest BCUT2D eigenvalue weighted by atomic mass is 10.1. The fourth-order valence-corrected chi connectivity index (χ4v) is 2.66. The first-order valence-corrected chi connectivity index (χ1v) is 8.53. The summed E-state index contributed by atoms with van der Waals surface area (Å²) in [6.45, 7) is -0.383. The van der Waals surface area contributed by atoms with Gasteiger partial charge in [0.1, 0.15) is 29.6 Å². The predicted molar refractivity (Wildman–Crippen MR) is 102 cm³/mol. The topological polar surface area (TPSA) is 80.9 Å². The van der Waals surface area contributed by atoms with Gasteiger partial charge in [0.25, 0.3) is 5.91 Å². The second-order valence-corrected chi connectivity index (χ2v) is 6.01. The van der Waals surface area contributed by atoms with Crippen LogP contribution in [-0.2, 0) is 11.4 Å². The van der Waals surface area contributed by atoms with Crippen LogP contribution in [0.4, 0.5) is 5.69 Å². The third kappa shape index (κ3) is 4.61. The number of carbonyl (C=O) groups is 1. The average molecular weight is 388 g/mol. The van der Waals surface area contributed by atoms with E-state index in [-0.39, 0.29) is 19.1 Å². The molecule has 0 bridgehead atoms. The quantitative estimate of drug-likeness (QED) is 0.637. The predicted octanol–water partition coefficient (Wildman–Crippen LogP) is 4.12. The van der Waals surface area contributed by atoms with Crippen LogP contribution in [0, 0.1) is 0 Å². The molecule has 6 nitrogen and oxygen atoms in total. The zero-order valence-corrected chi connectivity index (χ0v) is 15.3. The lowest BCUT2D eigenvalue weighted by Gasteiger charge is -2.12. The molecule has 0 aliphatic carbocycles. The molecular formula is C20H18ClNO5. The highest BCUT2D eigenvalue weighted by Crippen LogP contribution is 2.31. The number of carbonyl (C=O) groups excluding carboxylic acids is 1. The largest absolute Gasteiger partial charge is 0.495 e. The molecule has 0 aliphatic rings. The normalized spacial score (nSPS) is 10.5. The van der Waals surface area contributed by atoms with Gasteiger partial charge in [0.15, 0.2) is 6.61 Å². The maximum absolute atomic E-state index is 12.3. The Hall–Kier alpha value is -2.96. The zero-order chi connectivity index (χ0) is 19.2. The number of ether oxygens (including phenoxy) is 2. The fraction of sp³-hybridized carbons (Fsp3) is 0.150. The molecule has 0 saturated heterocycles. The van der Waals surface area contributed by atoms with Crippen LogP contribution in [0.5, 0.6) is 11.5 Å². The summed E-state index contributed by atoms with van der Waals surface area (Å²) in [6, 6.07) is 15.6. The SMILES string of the molecule is COc1ccc(-c2ccc(CO)o2)cc1NC(=O)COc1ccccc1Cl. The molecule has 2 N–H and O–H groups in total. The molecule has 27 heavy (non-hydrogen) atoms. The smallest absolute Gasteiger partial charge is 0.262 e. The third-order valence-electron chi connectivity index (χ3n) is 3.77. The molecule has 0 saturated carbocycles. The summed E-state index contributed by atoms with van der Waals surface area (Å²) >= 11 is 6.01. The van der Waals surface area contributed by atoms with Gasteiger partial charge in [-0.1, -0.05) is 23.7 Å². The van der Waals surface area contributed by atoms with Crippen LogP contribution >= 0.6 is 11.6 Å². The Morgan fingerprint density at radius 2 is 1.96 bits per heavy atom. The molecule has 2 aromatic carbocycles. The number of benzene rings is 2. The molecule has 0 aliphatic heterocycles. The molecule has 0 spiro atoms. The van der Waals surface area contributed by atoms with E-state index in [4.69, 9.17) is 30.6 Å². The second kappa shape index (κ2) is 8.62. The molecule has 3 aromatic rings. The Balaban J connectivity index is 1.73. The van der Waals surface area contributed by atoms with E-state index >= 15 is 0 Å². The van der Waals surface area contributed by atoms with Gasteiger partial charge in [-0.15, -0.1) is 0 Å². The van der Waals surface area contributed by atoms with Crippen molar-refractivity contribution < 1.29 is 23.8 Å². The van der Waals surface area contributed by atoms with Crippen molar-refractivity contribution in [2.24, 2.45) is 0 Å². The van der Waals surface area contributed by atoms with Gasteiger partial charge in [-0.05, 0) is 42.5 Å². The lowest BCUT2D eigenvalue weighted by Crippen LogP contribution is -2.20. The summed E-state index contributed by atoms with van der Waals surface area (Å²) in [5.74, 6) is 1.60. The van der Waals surface area contributed by atoms with Gasteiger partial charge in [-0.3, -0.25) is 4.79 Å². The Morgan fingerprint density at radius 3 is 2.67 bits per heavy atom. The van der Waals surface area contributed by atoms with Gasteiger partial charge in [-0.2, -0.15) is 0 Å². The van der Waals surface area contributed by atoms with Crippen molar-refractivity contribution >= 4 is 23.2 Å². The molecule has 1 amide bonds. The number of para-hydroxylation sites is 1. The van der Waals surface area contributed by atoms with E-state index in [1.54, 1.807) is 54.6 Å². The number of amides is 1. The minimum Gasteiger partial charge on any atom is -0.495 e. The third-order valence-corrected chi connectivity index (χ3v) is 4.08. The highest BCUT2D eigenvalue weighted by molar-refractivity contribution is 6.32. The Labute approximate surface area is 161 Å². The van der Waals surface area contributed by atoms with Crippen LogP contribution in [0.25, 0.3) is 11.3 Å². The van der Waals surface area contributed by atoms with Crippen molar-refractivity contribution in [1.29, 1.82) is 0 Å². The maximum atomic E-state index is 12.3. The molecule has 1 aromatic heterocycles. The van der Waals surface area contributed by atoms with Crippen LogP contribution in [0.1, 0.15) is 5.76 Å². The van der Waals surface area contributed by atoms with Crippen molar-refractivity contribution in [2.75, 3.05) is 19.0 Å². The summed E-state index contributed by atoms with van der Waals surface area (Å²) in [5.41, 5.74) is 1.21. The first kappa shape index (κ1) is 18.8. The number of hydrogen-bond acceptors (Lipinski definition) is 5. The first-order valence-electron chi connectivity index (χ1n) is 8.16. The number of halogens is 1. The number of methoxy groups -OCH3 is 1. The fourth-order valence-electron chi connectivity index (χ4n) is 2.47. The number of hydrogen-bond donors (Lipinski definition) is 2. The summed E-state index contributed by atoms with van der Waals surface area (Å²) in [5, 5.41) is 12.3.